The highest BCUT2D eigenvalue weighted by molar-refractivity contribution is 6.32. The van der Waals surface area contributed by atoms with E-state index in [4.69, 9.17) is 11.6 Å². The van der Waals surface area contributed by atoms with E-state index in [-0.39, 0.29) is 22.0 Å². The highest BCUT2D eigenvalue weighted by Crippen LogP contribution is 2.39. The zero-order valence-corrected chi connectivity index (χ0v) is 14.4. The summed E-state index contributed by atoms with van der Waals surface area (Å²) in [7, 11) is 0. The molecule has 0 saturated carbocycles. The second-order valence-electron chi connectivity index (χ2n) is 7.28. The van der Waals surface area contributed by atoms with Crippen molar-refractivity contribution in [2.24, 2.45) is 5.41 Å². The number of hydrogen-bond donors (Lipinski definition) is 0. The van der Waals surface area contributed by atoms with E-state index < -0.39 is 0 Å². The third-order valence-electron chi connectivity index (χ3n) is 4.95. The number of carbonyl (C=O) groups excluding carboxylic acids is 2. The van der Waals surface area contributed by atoms with Crippen LogP contribution in [0.5, 0.6) is 0 Å². The standard InChI is InChI=1S/C18H18ClN3O2/c1-18(2)8-11-7-14-17(24)22(6-5-21(14)15(11)9-18)13-3-4-20-16(19)12(13)10-23/h3-4,7,10H,5-6,8-9H2,1-2H3. The molecule has 0 spiro atoms. The van der Waals surface area contributed by atoms with Gasteiger partial charge in [-0.25, -0.2) is 4.98 Å². The molecule has 1 aliphatic carbocycles. The summed E-state index contributed by atoms with van der Waals surface area (Å²) in [6.07, 6.45) is 4.18. The molecular formula is C18H18ClN3O2. The Morgan fingerprint density at radius 3 is 2.83 bits per heavy atom. The Labute approximate surface area is 145 Å². The molecule has 3 heterocycles. The summed E-state index contributed by atoms with van der Waals surface area (Å²) in [4.78, 5) is 29.9. The van der Waals surface area contributed by atoms with Crippen molar-refractivity contribution in [1.29, 1.82) is 0 Å². The summed E-state index contributed by atoms with van der Waals surface area (Å²) in [5.41, 5.74) is 4.31. The Bertz CT molecular complexity index is 869. The molecule has 4 rings (SSSR count). The third-order valence-corrected chi connectivity index (χ3v) is 5.25. The minimum Gasteiger partial charge on any atom is -0.339 e. The van der Waals surface area contributed by atoms with Gasteiger partial charge in [0.1, 0.15) is 10.8 Å². The van der Waals surface area contributed by atoms with E-state index in [1.165, 1.54) is 17.5 Å². The largest absolute Gasteiger partial charge is 0.339 e. The van der Waals surface area contributed by atoms with Crippen LogP contribution in [0.2, 0.25) is 5.15 Å². The fraction of sp³-hybridized carbons (Fsp3) is 0.389. The van der Waals surface area contributed by atoms with Gasteiger partial charge in [0, 0.05) is 25.0 Å². The van der Waals surface area contributed by atoms with Gasteiger partial charge >= 0.3 is 0 Å². The van der Waals surface area contributed by atoms with E-state index in [1.54, 1.807) is 11.0 Å². The van der Waals surface area contributed by atoms with E-state index in [1.807, 2.05) is 6.07 Å². The second-order valence-corrected chi connectivity index (χ2v) is 7.64. The van der Waals surface area contributed by atoms with Crippen LogP contribution >= 0.6 is 11.6 Å². The lowest BCUT2D eigenvalue weighted by molar-refractivity contribution is 0.0964. The van der Waals surface area contributed by atoms with Gasteiger partial charge < -0.3 is 9.47 Å². The number of amides is 1. The van der Waals surface area contributed by atoms with Gasteiger partial charge in [0.25, 0.3) is 5.91 Å². The number of fused-ring (bicyclic) bond motifs is 3. The van der Waals surface area contributed by atoms with E-state index in [0.29, 0.717) is 24.2 Å². The molecule has 6 heteroatoms. The molecule has 0 radical (unpaired) electrons. The summed E-state index contributed by atoms with van der Waals surface area (Å²) in [6.45, 7) is 5.76. The van der Waals surface area contributed by atoms with Crippen molar-refractivity contribution in [3.05, 3.63) is 46.0 Å². The first-order valence-corrected chi connectivity index (χ1v) is 8.42. The molecule has 5 nitrogen and oxygen atoms in total. The average molecular weight is 344 g/mol. The molecule has 0 bridgehead atoms. The zero-order valence-electron chi connectivity index (χ0n) is 13.7. The van der Waals surface area contributed by atoms with Crippen molar-refractivity contribution >= 4 is 29.5 Å². The van der Waals surface area contributed by atoms with Gasteiger partial charge in [-0.15, -0.1) is 0 Å². The smallest absolute Gasteiger partial charge is 0.274 e. The Hall–Kier alpha value is -2.14. The molecule has 2 aromatic rings. The minimum atomic E-state index is -0.0844. The number of aldehydes is 1. The molecule has 124 valence electrons. The fourth-order valence-electron chi connectivity index (χ4n) is 3.92. The maximum atomic E-state index is 13.0. The predicted molar refractivity (Wildman–Crippen MR) is 91.9 cm³/mol. The average Bonchev–Trinajstić information content (AvgIpc) is 3.00. The lowest BCUT2D eigenvalue weighted by atomic mass is 9.90. The molecule has 0 saturated heterocycles. The monoisotopic (exact) mass is 343 g/mol. The Morgan fingerprint density at radius 2 is 2.08 bits per heavy atom. The summed E-state index contributed by atoms with van der Waals surface area (Å²) in [5.74, 6) is -0.0844. The topological polar surface area (TPSA) is 55.2 Å². The van der Waals surface area contributed by atoms with Gasteiger partial charge in [-0.2, -0.15) is 0 Å². The van der Waals surface area contributed by atoms with Crippen LogP contribution < -0.4 is 4.90 Å². The molecule has 0 unspecified atom stereocenters. The molecule has 0 fully saturated rings. The second kappa shape index (κ2) is 5.18. The van der Waals surface area contributed by atoms with Crippen molar-refractivity contribution in [3.8, 4) is 0 Å². The number of rotatable bonds is 2. The number of halogens is 1. The van der Waals surface area contributed by atoms with Crippen LogP contribution in [-0.2, 0) is 19.4 Å². The summed E-state index contributed by atoms with van der Waals surface area (Å²) < 4.78 is 2.15. The van der Waals surface area contributed by atoms with E-state index in [2.05, 4.69) is 23.4 Å². The number of anilines is 1. The molecule has 24 heavy (non-hydrogen) atoms. The van der Waals surface area contributed by atoms with Crippen molar-refractivity contribution in [1.82, 2.24) is 9.55 Å². The highest BCUT2D eigenvalue weighted by atomic mass is 35.5. The lowest BCUT2D eigenvalue weighted by Crippen LogP contribution is -2.41. The lowest BCUT2D eigenvalue weighted by Gasteiger charge is -2.30. The first-order valence-electron chi connectivity index (χ1n) is 8.04. The number of aromatic nitrogens is 2. The maximum absolute atomic E-state index is 13.0. The molecule has 0 N–H and O–H groups in total. The Morgan fingerprint density at radius 1 is 1.29 bits per heavy atom. The van der Waals surface area contributed by atoms with Crippen molar-refractivity contribution in [2.45, 2.75) is 33.2 Å². The summed E-state index contributed by atoms with van der Waals surface area (Å²) >= 11 is 6.00. The molecule has 2 aromatic heterocycles. The van der Waals surface area contributed by atoms with Crippen molar-refractivity contribution in [2.75, 3.05) is 11.4 Å². The van der Waals surface area contributed by atoms with Gasteiger partial charge in [-0.1, -0.05) is 25.4 Å². The molecule has 0 atom stereocenters. The highest BCUT2D eigenvalue weighted by Gasteiger charge is 2.37. The molecular weight excluding hydrogens is 326 g/mol. The van der Waals surface area contributed by atoms with E-state index >= 15 is 0 Å². The number of pyridine rings is 1. The first kappa shape index (κ1) is 15.4. The minimum absolute atomic E-state index is 0.0844. The Kier molecular flexibility index (Phi) is 3.32. The number of nitrogens with zero attached hydrogens (tertiary/aromatic N) is 3. The maximum Gasteiger partial charge on any atom is 0.274 e. The predicted octanol–water partition coefficient (Wildman–Crippen LogP) is 3.13. The number of hydrogen-bond acceptors (Lipinski definition) is 3. The van der Waals surface area contributed by atoms with Gasteiger partial charge in [0.15, 0.2) is 6.29 Å². The van der Waals surface area contributed by atoms with E-state index in [9.17, 15) is 9.59 Å². The number of carbonyl (C=O) groups is 2. The molecule has 1 amide bonds. The zero-order chi connectivity index (χ0) is 17.1. The van der Waals surface area contributed by atoms with Gasteiger partial charge in [0.05, 0.1) is 11.3 Å². The normalized spacial score (nSPS) is 18.5. The van der Waals surface area contributed by atoms with Crippen LogP contribution in [0.1, 0.15) is 46.0 Å². The van der Waals surface area contributed by atoms with Crippen LogP contribution in [0.3, 0.4) is 0 Å². The molecule has 2 aliphatic rings. The van der Waals surface area contributed by atoms with Gasteiger partial charge in [0.2, 0.25) is 0 Å². The summed E-state index contributed by atoms with van der Waals surface area (Å²) in [5, 5.41) is 0.125. The quantitative estimate of drug-likeness (QED) is 0.622. The van der Waals surface area contributed by atoms with Crippen LogP contribution in [0, 0.1) is 5.41 Å². The first-order chi connectivity index (χ1) is 11.4. The van der Waals surface area contributed by atoms with Gasteiger partial charge in [-0.05, 0) is 36.0 Å². The molecule has 0 aromatic carbocycles. The Balaban J connectivity index is 1.75. The van der Waals surface area contributed by atoms with Crippen molar-refractivity contribution < 1.29 is 9.59 Å². The van der Waals surface area contributed by atoms with Crippen LogP contribution in [-0.4, -0.2) is 28.3 Å². The fourth-order valence-corrected chi connectivity index (χ4v) is 4.12. The van der Waals surface area contributed by atoms with Crippen LogP contribution in [0.4, 0.5) is 5.69 Å². The SMILES string of the molecule is CC1(C)Cc2cc3n(c2C1)CCN(c1ccnc(Cl)c1C=O)C3=O. The third kappa shape index (κ3) is 2.18. The van der Waals surface area contributed by atoms with Crippen molar-refractivity contribution in [3.63, 3.8) is 0 Å². The summed E-state index contributed by atoms with van der Waals surface area (Å²) in [6, 6.07) is 3.69. The van der Waals surface area contributed by atoms with Crippen LogP contribution in [0.15, 0.2) is 18.3 Å². The molecule has 1 aliphatic heterocycles. The van der Waals surface area contributed by atoms with Gasteiger partial charge in [-0.3, -0.25) is 9.59 Å². The van der Waals surface area contributed by atoms with Crippen LogP contribution in [0.25, 0.3) is 0 Å². The van der Waals surface area contributed by atoms with E-state index in [0.717, 1.165) is 19.4 Å².